The normalized spacial score (nSPS) is 17.3. The Balaban J connectivity index is 1.83. The predicted molar refractivity (Wildman–Crippen MR) is 122 cm³/mol. The molecule has 0 fully saturated rings. The summed E-state index contributed by atoms with van der Waals surface area (Å²) in [6.45, 7) is 5.20. The van der Waals surface area contributed by atoms with E-state index in [9.17, 15) is 9.59 Å². The molecular weight excluding hydrogens is 406 g/mol. The molecule has 0 aromatic heterocycles. The second-order valence-corrected chi connectivity index (χ2v) is 7.99. The summed E-state index contributed by atoms with van der Waals surface area (Å²) in [6, 6.07) is 16.1. The van der Waals surface area contributed by atoms with Crippen LogP contribution in [-0.2, 0) is 37.6 Å². The van der Waals surface area contributed by atoms with Crippen LogP contribution >= 0.6 is 0 Å². The topological polar surface area (TPSA) is 73.9 Å². The average molecular weight is 440 g/mol. The maximum absolute atomic E-state index is 12.5. The van der Waals surface area contributed by atoms with Crippen molar-refractivity contribution in [2.45, 2.75) is 58.1 Å². The van der Waals surface area contributed by atoms with Crippen LogP contribution in [0.3, 0.4) is 0 Å². The molecule has 172 valence electrons. The third-order valence-corrected chi connectivity index (χ3v) is 5.74. The number of esters is 2. The number of benzene rings is 2. The van der Waals surface area contributed by atoms with E-state index in [1.165, 1.54) is 5.56 Å². The fourth-order valence-corrected chi connectivity index (χ4v) is 4.29. The smallest absolute Gasteiger partial charge is 0.308 e. The van der Waals surface area contributed by atoms with Crippen LogP contribution in [0.15, 0.2) is 48.5 Å². The molecule has 6 nitrogen and oxygen atoms in total. The summed E-state index contributed by atoms with van der Waals surface area (Å²) >= 11 is 0. The minimum Gasteiger partial charge on any atom is -0.489 e. The highest BCUT2D eigenvalue weighted by Gasteiger charge is 2.39. The van der Waals surface area contributed by atoms with Crippen molar-refractivity contribution in [3.05, 3.63) is 65.2 Å². The van der Waals surface area contributed by atoms with Gasteiger partial charge in [0, 0.05) is 6.54 Å². The summed E-state index contributed by atoms with van der Waals surface area (Å²) in [7, 11) is 0. The first-order valence-corrected chi connectivity index (χ1v) is 11.4. The lowest BCUT2D eigenvalue weighted by molar-refractivity contribution is -0.145. The molecule has 3 rings (SSSR count). The van der Waals surface area contributed by atoms with E-state index in [2.05, 4.69) is 11.4 Å². The lowest BCUT2D eigenvalue weighted by atomic mass is 9.74. The number of nitrogens with one attached hydrogen (secondary N) is 1. The van der Waals surface area contributed by atoms with Gasteiger partial charge in [-0.15, -0.1) is 0 Å². The predicted octanol–water partition coefficient (Wildman–Crippen LogP) is 4.29. The van der Waals surface area contributed by atoms with E-state index in [1.54, 1.807) is 6.92 Å². The summed E-state index contributed by atoms with van der Waals surface area (Å²) in [5.74, 6) is 0.261. The second kappa shape index (κ2) is 11.7. The van der Waals surface area contributed by atoms with E-state index >= 15 is 0 Å². The van der Waals surface area contributed by atoms with Gasteiger partial charge in [0.1, 0.15) is 12.4 Å². The maximum atomic E-state index is 12.5. The van der Waals surface area contributed by atoms with Crippen LogP contribution in [0.4, 0.5) is 0 Å². The van der Waals surface area contributed by atoms with Crippen molar-refractivity contribution in [2.24, 2.45) is 0 Å². The van der Waals surface area contributed by atoms with Gasteiger partial charge in [-0.25, -0.2) is 0 Å². The number of rotatable bonds is 11. The van der Waals surface area contributed by atoms with E-state index < -0.39 is 5.54 Å². The number of hydrogen-bond acceptors (Lipinski definition) is 6. The standard InChI is InChI=1S/C26H33NO5/c1-3-30-24(28)14-16-27-26(18-25(29)31-4-2)15-8-11-21-12-13-22(17-23(21)26)32-19-20-9-6-5-7-10-20/h5-7,9-10,12-13,17,27H,3-4,8,11,14-16,18-19H2,1-2H3. The molecule has 2 aromatic carbocycles. The molecule has 1 N–H and O–H groups in total. The summed E-state index contributed by atoms with van der Waals surface area (Å²) in [5.41, 5.74) is 2.73. The Morgan fingerprint density at radius 3 is 2.50 bits per heavy atom. The van der Waals surface area contributed by atoms with Crippen LogP contribution < -0.4 is 10.1 Å². The van der Waals surface area contributed by atoms with Crippen LogP contribution in [0.25, 0.3) is 0 Å². The first-order valence-electron chi connectivity index (χ1n) is 11.4. The molecule has 0 aliphatic heterocycles. The molecule has 2 aromatic rings. The number of carbonyl (C=O) groups excluding carboxylic acids is 2. The number of fused-ring (bicyclic) bond motifs is 1. The molecule has 0 spiro atoms. The van der Waals surface area contributed by atoms with Crippen LogP contribution in [0.5, 0.6) is 5.75 Å². The van der Waals surface area contributed by atoms with E-state index in [1.807, 2.05) is 49.4 Å². The minimum atomic E-state index is -0.599. The highest BCUT2D eigenvalue weighted by atomic mass is 16.5. The zero-order valence-electron chi connectivity index (χ0n) is 19.0. The molecule has 0 heterocycles. The molecule has 0 saturated carbocycles. The van der Waals surface area contributed by atoms with Gasteiger partial charge < -0.3 is 19.5 Å². The molecule has 1 unspecified atom stereocenters. The molecule has 0 saturated heterocycles. The van der Waals surface area contributed by atoms with E-state index in [-0.39, 0.29) is 24.8 Å². The summed E-state index contributed by atoms with van der Waals surface area (Å²) < 4.78 is 16.4. The van der Waals surface area contributed by atoms with Crippen LogP contribution in [0, 0.1) is 0 Å². The van der Waals surface area contributed by atoms with Crippen LogP contribution in [0.1, 0.15) is 56.2 Å². The Labute approximate surface area is 190 Å². The lowest BCUT2D eigenvalue weighted by Gasteiger charge is -2.40. The molecule has 1 atom stereocenters. The van der Waals surface area contributed by atoms with Gasteiger partial charge in [-0.05, 0) is 61.9 Å². The van der Waals surface area contributed by atoms with Gasteiger partial charge in [0.2, 0.25) is 0 Å². The first-order chi connectivity index (χ1) is 15.6. The van der Waals surface area contributed by atoms with E-state index in [4.69, 9.17) is 14.2 Å². The number of carbonyl (C=O) groups is 2. The van der Waals surface area contributed by atoms with Crippen LogP contribution in [-0.4, -0.2) is 31.7 Å². The average Bonchev–Trinajstić information content (AvgIpc) is 2.79. The molecule has 0 radical (unpaired) electrons. The molecule has 0 bridgehead atoms. The molecule has 32 heavy (non-hydrogen) atoms. The van der Waals surface area contributed by atoms with Crippen molar-refractivity contribution >= 4 is 11.9 Å². The van der Waals surface area contributed by atoms with Crippen molar-refractivity contribution in [3.8, 4) is 5.75 Å². The van der Waals surface area contributed by atoms with Crippen LogP contribution in [0.2, 0.25) is 0 Å². The highest BCUT2D eigenvalue weighted by Crippen LogP contribution is 2.40. The Kier molecular flexibility index (Phi) is 8.68. The number of hydrogen-bond donors (Lipinski definition) is 1. The van der Waals surface area contributed by atoms with Gasteiger partial charge in [-0.3, -0.25) is 9.59 Å². The lowest BCUT2D eigenvalue weighted by Crippen LogP contribution is -2.47. The van der Waals surface area contributed by atoms with Gasteiger partial charge in [0.25, 0.3) is 0 Å². The summed E-state index contributed by atoms with van der Waals surface area (Å²) in [6.07, 6.45) is 3.13. The second-order valence-electron chi connectivity index (χ2n) is 7.99. The van der Waals surface area contributed by atoms with Crippen molar-refractivity contribution in [2.75, 3.05) is 19.8 Å². The zero-order valence-corrected chi connectivity index (χ0v) is 19.0. The SMILES string of the molecule is CCOC(=O)CCNC1(CC(=O)OCC)CCCc2ccc(OCc3ccccc3)cc21. The minimum absolute atomic E-state index is 0.207. The molecule has 6 heteroatoms. The Morgan fingerprint density at radius 1 is 1.00 bits per heavy atom. The third kappa shape index (κ3) is 6.33. The summed E-state index contributed by atoms with van der Waals surface area (Å²) in [4.78, 5) is 24.4. The number of ether oxygens (including phenoxy) is 3. The van der Waals surface area contributed by atoms with Crippen molar-refractivity contribution in [1.82, 2.24) is 5.32 Å². The largest absolute Gasteiger partial charge is 0.489 e. The fourth-order valence-electron chi connectivity index (χ4n) is 4.29. The van der Waals surface area contributed by atoms with Crippen molar-refractivity contribution < 1.29 is 23.8 Å². The Bertz CT molecular complexity index is 898. The Hall–Kier alpha value is -2.86. The van der Waals surface area contributed by atoms with E-state index in [0.717, 1.165) is 36.1 Å². The third-order valence-electron chi connectivity index (χ3n) is 5.74. The van der Waals surface area contributed by atoms with E-state index in [0.29, 0.717) is 26.4 Å². The highest BCUT2D eigenvalue weighted by molar-refractivity contribution is 5.72. The van der Waals surface area contributed by atoms with Gasteiger partial charge in [0.15, 0.2) is 0 Å². The Morgan fingerprint density at radius 2 is 1.75 bits per heavy atom. The van der Waals surface area contributed by atoms with Gasteiger partial charge in [-0.2, -0.15) is 0 Å². The van der Waals surface area contributed by atoms with Crippen molar-refractivity contribution in [3.63, 3.8) is 0 Å². The molecule has 0 amide bonds. The fraction of sp³-hybridized carbons (Fsp3) is 0.462. The molecule has 1 aliphatic carbocycles. The maximum Gasteiger partial charge on any atom is 0.308 e. The quantitative estimate of drug-likeness (QED) is 0.527. The number of aryl methyl sites for hydroxylation is 1. The molecule has 1 aliphatic rings. The monoisotopic (exact) mass is 439 g/mol. The first kappa shape index (κ1) is 23.8. The zero-order chi connectivity index (χ0) is 22.8. The molecular formula is C26H33NO5. The summed E-state index contributed by atoms with van der Waals surface area (Å²) in [5, 5.41) is 3.51. The van der Waals surface area contributed by atoms with Gasteiger partial charge in [0.05, 0.1) is 31.6 Å². The van der Waals surface area contributed by atoms with Gasteiger partial charge >= 0.3 is 11.9 Å². The van der Waals surface area contributed by atoms with Gasteiger partial charge in [-0.1, -0.05) is 36.4 Å². The van der Waals surface area contributed by atoms with Crippen molar-refractivity contribution in [1.29, 1.82) is 0 Å².